The molecule has 6 rings (SSSR count). The van der Waals surface area contributed by atoms with Crippen molar-refractivity contribution in [1.29, 1.82) is 0 Å². The lowest BCUT2D eigenvalue weighted by Crippen LogP contribution is -2.05. The van der Waals surface area contributed by atoms with Crippen LogP contribution in [-0.2, 0) is 4.74 Å². The number of methoxy groups -OCH3 is 1. The zero-order valence-corrected chi connectivity index (χ0v) is 18.9. The van der Waals surface area contributed by atoms with Crippen molar-refractivity contribution in [2.45, 2.75) is 0 Å². The molecule has 164 valence electrons. The Labute approximate surface area is 200 Å². The minimum Gasteiger partial charge on any atom is -0.464 e. The molecule has 3 heterocycles. The first-order chi connectivity index (χ1) is 16.6. The van der Waals surface area contributed by atoms with Crippen LogP contribution < -0.4 is 0 Å². The van der Waals surface area contributed by atoms with Crippen LogP contribution in [0.4, 0.5) is 0 Å². The van der Waals surface area contributed by atoms with E-state index in [2.05, 4.69) is 17.1 Å². The van der Waals surface area contributed by atoms with Crippen molar-refractivity contribution in [1.82, 2.24) is 15.0 Å². The fraction of sp³-hybridized carbons (Fsp3) is 0.0357. The number of nitrogens with one attached hydrogen (secondary N) is 1. The molecule has 0 aliphatic heterocycles. The Morgan fingerprint density at radius 1 is 0.853 bits per heavy atom. The van der Waals surface area contributed by atoms with Crippen LogP contribution in [0.1, 0.15) is 10.5 Å². The second-order valence-corrected chi connectivity index (χ2v) is 8.46. The molecule has 0 atom stereocenters. The van der Waals surface area contributed by atoms with Gasteiger partial charge in [-0.25, -0.2) is 14.8 Å². The van der Waals surface area contributed by atoms with Gasteiger partial charge >= 0.3 is 5.97 Å². The van der Waals surface area contributed by atoms with Gasteiger partial charge in [-0.3, -0.25) is 0 Å². The van der Waals surface area contributed by atoms with Crippen molar-refractivity contribution in [2.24, 2.45) is 0 Å². The molecule has 0 bridgehead atoms. The minimum atomic E-state index is -0.496. The summed E-state index contributed by atoms with van der Waals surface area (Å²) in [6, 6.07) is 27.5. The molecule has 0 amide bonds. The second kappa shape index (κ2) is 7.97. The van der Waals surface area contributed by atoms with E-state index in [1.165, 1.54) is 7.11 Å². The molecule has 0 aliphatic rings. The molecule has 0 radical (unpaired) electrons. The van der Waals surface area contributed by atoms with Crippen LogP contribution in [0.5, 0.6) is 0 Å². The summed E-state index contributed by atoms with van der Waals surface area (Å²) < 4.78 is 4.99. The zero-order chi connectivity index (χ0) is 23.2. The van der Waals surface area contributed by atoms with E-state index in [0.717, 1.165) is 43.8 Å². The van der Waals surface area contributed by atoms with Gasteiger partial charge in [-0.15, -0.1) is 0 Å². The maximum absolute atomic E-state index is 12.5. The SMILES string of the molecule is COC(=O)c1cc2c([nH]c3ccccc32)c(-c2cc(-c3ccccc3)c3cc(Cl)ccc3n2)n1. The number of para-hydroxylation sites is 1. The molecular formula is C28H18ClN3O2. The number of aromatic nitrogens is 3. The topological polar surface area (TPSA) is 67.9 Å². The first-order valence-corrected chi connectivity index (χ1v) is 11.2. The third-order valence-electron chi connectivity index (χ3n) is 5.99. The highest BCUT2D eigenvalue weighted by atomic mass is 35.5. The number of halogens is 1. The molecule has 34 heavy (non-hydrogen) atoms. The number of fused-ring (bicyclic) bond motifs is 4. The minimum absolute atomic E-state index is 0.231. The second-order valence-electron chi connectivity index (χ2n) is 8.02. The molecule has 5 nitrogen and oxygen atoms in total. The standard InChI is InChI=1S/C28H18ClN3O2/c1-34-28(33)25-15-21-18-9-5-6-10-22(18)31-26(21)27(32-25)24-14-19(16-7-3-2-4-8-16)20-13-17(29)11-12-23(20)30-24/h2-15,31H,1H3. The number of nitrogens with zero attached hydrogens (tertiary/aromatic N) is 2. The summed E-state index contributed by atoms with van der Waals surface area (Å²) in [6.45, 7) is 0. The number of H-pyrrole nitrogens is 1. The molecule has 1 N–H and O–H groups in total. The lowest BCUT2D eigenvalue weighted by atomic mass is 9.99. The number of esters is 1. The highest BCUT2D eigenvalue weighted by Gasteiger charge is 2.19. The van der Waals surface area contributed by atoms with Crippen LogP contribution in [0.3, 0.4) is 0 Å². The summed E-state index contributed by atoms with van der Waals surface area (Å²) in [6.07, 6.45) is 0. The van der Waals surface area contributed by atoms with Gasteiger partial charge in [0.05, 0.1) is 23.8 Å². The van der Waals surface area contributed by atoms with Crippen LogP contribution in [0.2, 0.25) is 5.02 Å². The number of pyridine rings is 2. The molecule has 3 aromatic carbocycles. The number of benzene rings is 3. The van der Waals surface area contributed by atoms with E-state index in [9.17, 15) is 4.79 Å². The summed E-state index contributed by atoms with van der Waals surface area (Å²) >= 11 is 6.33. The fourth-order valence-electron chi connectivity index (χ4n) is 4.42. The van der Waals surface area contributed by atoms with E-state index in [0.29, 0.717) is 16.4 Å². The predicted octanol–water partition coefficient (Wildman–Crippen LogP) is 7.04. The van der Waals surface area contributed by atoms with Gasteiger partial charge < -0.3 is 9.72 Å². The van der Waals surface area contributed by atoms with Gasteiger partial charge in [-0.1, -0.05) is 60.1 Å². The summed E-state index contributed by atoms with van der Waals surface area (Å²) in [7, 11) is 1.36. The average Bonchev–Trinajstić information content (AvgIpc) is 3.26. The Kier molecular flexibility index (Phi) is 4.78. The highest BCUT2D eigenvalue weighted by Crippen LogP contribution is 2.37. The molecule has 0 saturated carbocycles. The van der Waals surface area contributed by atoms with Crippen LogP contribution in [0, 0.1) is 0 Å². The summed E-state index contributed by atoms with van der Waals surface area (Å²) in [5, 5.41) is 3.48. The normalized spacial score (nSPS) is 11.4. The first kappa shape index (κ1) is 20.4. The monoisotopic (exact) mass is 463 g/mol. The van der Waals surface area contributed by atoms with Gasteiger partial charge in [-0.2, -0.15) is 0 Å². The maximum atomic E-state index is 12.5. The summed E-state index contributed by atoms with van der Waals surface area (Å²) in [5.41, 5.74) is 6.04. The van der Waals surface area contributed by atoms with Gasteiger partial charge in [0, 0.05) is 26.7 Å². The molecule has 3 aromatic heterocycles. The van der Waals surface area contributed by atoms with Crippen molar-refractivity contribution in [3.63, 3.8) is 0 Å². The number of hydrogen-bond donors (Lipinski definition) is 1. The Hall–Kier alpha value is -4.22. The summed E-state index contributed by atoms with van der Waals surface area (Å²) in [4.78, 5) is 25.6. The lowest BCUT2D eigenvalue weighted by Gasteiger charge is -2.12. The molecule has 0 aliphatic carbocycles. The highest BCUT2D eigenvalue weighted by molar-refractivity contribution is 6.31. The van der Waals surface area contributed by atoms with E-state index in [4.69, 9.17) is 26.3 Å². The van der Waals surface area contributed by atoms with Crippen molar-refractivity contribution in [2.75, 3.05) is 7.11 Å². The molecule has 0 spiro atoms. The summed E-state index contributed by atoms with van der Waals surface area (Å²) in [5.74, 6) is -0.496. The van der Waals surface area contributed by atoms with E-state index < -0.39 is 5.97 Å². The van der Waals surface area contributed by atoms with Gasteiger partial charge in [0.1, 0.15) is 11.4 Å². The molecule has 0 saturated heterocycles. The number of ether oxygens (including phenoxy) is 1. The third-order valence-corrected chi connectivity index (χ3v) is 6.22. The van der Waals surface area contributed by atoms with Crippen LogP contribution in [-0.4, -0.2) is 28.0 Å². The third kappa shape index (κ3) is 3.29. The largest absolute Gasteiger partial charge is 0.464 e. The lowest BCUT2D eigenvalue weighted by molar-refractivity contribution is 0.0594. The molecule has 0 fully saturated rings. The number of carbonyl (C=O) groups excluding carboxylic acids is 1. The smallest absolute Gasteiger partial charge is 0.356 e. The van der Waals surface area contributed by atoms with Crippen molar-refractivity contribution >= 4 is 50.3 Å². The zero-order valence-electron chi connectivity index (χ0n) is 18.2. The number of hydrogen-bond acceptors (Lipinski definition) is 4. The average molecular weight is 464 g/mol. The number of aromatic amines is 1. The van der Waals surface area contributed by atoms with Gasteiger partial charge in [-0.05, 0) is 47.5 Å². The van der Waals surface area contributed by atoms with E-state index in [1.54, 1.807) is 6.07 Å². The van der Waals surface area contributed by atoms with E-state index >= 15 is 0 Å². The first-order valence-electron chi connectivity index (χ1n) is 10.8. The molecule has 6 aromatic rings. The van der Waals surface area contributed by atoms with Crippen molar-refractivity contribution in [3.05, 3.63) is 95.6 Å². The van der Waals surface area contributed by atoms with Gasteiger partial charge in [0.2, 0.25) is 0 Å². The Morgan fingerprint density at radius 2 is 1.65 bits per heavy atom. The van der Waals surface area contributed by atoms with Crippen LogP contribution >= 0.6 is 11.6 Å². The van der Waals surface area contributed by atoms with Gasteiger partial charge in [0.25, 0.3) is 0 Å². The Bertz CT molecular complexity index is 1730. The Balaban J connectivity index is 1.72. The van der Waals surface area contributed by atoms with Crippen molar-refractivity contribution < 1.29 is 9.53 Å². The maximum Gasteiger partial charge on any atom is 0.356 e. The Morgan fingerprint density at radius 3 is 2.47 bits per heavy atom. The molecule has 0 unspecified atom stereocenters. The number of carbonyl (C=O) groups is 1. The number of rotatable bonds is 3. The van der Waals surface area contributed by atoms with E-state index in [1.807, 2.05) is 66.7 Å². The predicted molar refractivity (Wildman–Crippen MR) is 136 cm³/mol. The van der Waals surface area contributed by atoms with E-state index in [-0.39, 0.29) is 5.69 Å². The van der Waals surface area contributed by atoms with Crippen LogP contribution in [0.15, 0.2) is 84.9 Å². The molecular weight excluding hydrogens is 446 g/mol. The van der Waals surface area contributed by atoms with Gasteiger partial charge in [0.15, 0.2) is 0 Å². The van der Waals surface area contributed by atoms with Crippen LogP contribution in [0.25, 0.3) is 55.2 Å². The quantitative estimate of drug-likeness (QED) is 0.286. The fourth-order valence-corrected chi connectivity index (χ4v) is 4.59. The van der Waals surface area contributed by atoms with Crippen molar-refractivity contribution in [3.8, 4) is 22.5 Å². The molecule has 6 heteroatoms.